The number of nitrogens with zero attached hydrogens (tertiary/aromatic N) is 2. The van der Waals surface area contributed by atoms with Gasteiger partial charge in [-0.3, -0.25) is 15.0 Å². The lowest BCUT2D eigenvalue weighted by molar-refractivity contribution is 0.103. The van der Waals surface area contributed by atoms with Crippen molar-refractivity contribution in [3.8, 4) is 10.4 Å². The van der Waals surface area contributed by atoms with Gasteiger partial charge in [0.1, 0.15) is 0 Å². The van der Waals surface area contributed by atoms with Gasteiger partial charge in [-0.15, -0.1) is 22.7 Å². The molecule has 0 radical (unpaired) electrons. The standard InChI is InChI=1S/C19H18ClN3OS2/c20-14-5-3-13(4-6-14)16-7-8-17(26-16)18(24)22-19-21-15(12-25-19)11-23-9-1-2-10-23/h3-8,12H,1-2,9-11H2,(H,21,22,24). The lowest BCUT2D eigenvalue weighted by atomic mass is 10.2. The van der Waals surface area contributed by atoms with Gasteiger partial charge < -0.3 is 0 Å². The summed E-state index contributed by atoms with van der Waals surface area (Å²) in [6.07, 6.45) is 2.53. The number of nitrogens with one attached hydrogen (secondary N) is 1. The number of carbonyl (C=O) groups is 1. The summed E-state index contributed by atoms with van der Waals surface area (Å²) in [5.74, 6) is -0.114. The van der Waals surface area contributed by atoms with E-state index in [4.69, 9.17) is 11.6 Å². The first-order valence-electron chi connectivity index (χ1n) is 8.51. The van der Waals surface area contributed by atoms with Crippen LogP contribution in [-0.4, -0.2) is 28.9 Å². The lowest BCUT2D eigenvalue weighted by Gasteiger charge is -2.11. The Balaban J connectivity index is 1.40. The first-order chi connectivity index (χ1) is 12.7. The average molecular weight is 404 g/mol. The Morgan fingerprint density at radius 2 is 1.92 bits per heavy atom. The molecule has 2 aromatic heterocycles. The van der Waals surface area contributed by atoms with Crippen LogP contribution in [0.2, 0.25) is 5.02 Å². The molecule has 1 amide bonds. The third-order valence-corrected chi connectivity index (χ3v) is 6.51. The first kappa shape index (κ1) is 17.7. The Kier molecular flexibility index (Phi) is 5.36. The molecule has 0 spiro atoms. The quantitative estimate of drug-likeness (QED) is 0.622. The third kappa shape index (κ3) is 4.15. The van der Waals surface area contributed by atoms with E-state index in [1.807, 2.05) is 41.8 Å². The van der Waals surface area contributed by atoms with E-state index in [-0.39, 0.29) is 5.91 Å². The molecule has 1 aliphatic rings. The van der Waals surface area contributed by atoms with E-state index < -0.39 is 0 Å². The van der Waals surface area contributed by atoms with E-state index in [0.29, 0.717) is 15.0 Å². The van der Waals surface area contributed by atoms with E-state index >= 15 is 0 Å². The van der Waals surface area contributed by atoms with Crippen molar-refractivity contribution < 1.29 is 4.79 Å². The molecule has 1 aliphatic heterocycles. The molecule has 1 saturated heterocycles. The summed E-state index contributed by atoms with van der Waals surface area (Å²) in [4.78, 5) is 21.2. The molecule has 26 heavy (non-hydrogen) atoms. The van der Waals surface area contributed by atoms with Crippen molar-refractivity contribution in [2.45, 2.75) is 19.4 Å². The number of benzene rings is 1. The molecule has 1 aromatic carbocycles. The van der Waals surface area contributed by atoms with Crippen molar-refractivity contribution in [1.29, 1.82) is 0 Å². The molecule has 0 bridgehead atoms. The number of halogens is 1. The van der Waals surface area contributed by atoms with Crippen LogP contribution in [0.3, 0.4) is 0 Å². The number of rotatable bonds is 5. The molecule has 0 atom stereocenters. The Labute approximate surface area is 165 Å². The molecule has 1 fully saturated rings. The highest BCUT2D eigenvalue weighted by atomic mass is 35.5. The highest BCUT2D eigenvalue weighted by Gasteiger charge is 2.15. The average Bonchev–Trinajstić information content (AvgIpc) is 3.38. The van der Waals surface area contributed by atoms with Gasteiger partial charge in [-0.1, -0.05) is 23.7 Å². The van der Waals surface area contributed by atoms with Crippen LogP contribution < -0.4 is 5.32 Å². The Bertz CT molecular complexity index is 898. The maximum atomic E-state index is 12.5. The molecule has 0 saturated carbocycles. The maximum absolute atomic E-state index is 12.5. The Hall–Kier alpha value is -1.73. The molecular weight excluding hydrogens is 386 g/mol. The zero-order valence-electron chi connectivity index (χ0n) is 14.1. The minimum absolute atomic E-state index is 0.114. The fourth-order valence-electron chi connectivity index (χ4n) is 2.99. The minimum atomic E-state index is -0.114. The van der Waals surface area contributed by atoms with Gasteiger partial charge >= 0.3 is 0 Å². The molecule has 0 aliphatic carbocycles. The van der Waals surface area contributed by atoms with Crippen LogP contribution in [0.25, 0.3) is 10.4 Å². The number of aromatic nitrogens is 1. The Morgan fingerprint density at radius 1 is 1.15 bits per heavy atom. The zero-order chi connectivity index (χ0) is 17.9. The number of anilines is 1. The van der Waals surface area contributed by atoms with Crippen LogP contribution in [-0.2, 0) is 6.54 Å². The predicted molar refractivity (Wildman–Crippen MR) is 109 cm³/mol. The normalized spacial score (nSPS) is 14.7. The summed E-state index contributed by atoms with van der Waals surface area (Å²) in [5.41, 5.74) is 2.08. The van der Waals surface area contributed by atoms with Crippen molar-refractivity contribution in [3.63, 3.8) is 0 Å². The smallest absolute Gasteiger partial charge is 0.267 e. The minimum Gasteiger partial charge on any atom is -0.297 e. The van der Waals surface area contributed by atoms with Gasteiger partial charge in [0.2, 0.25) is 0 Å². The van der Waals surface area contributed by atoms with Crippen LogP contribution >= 0.6 is 34.3 Å². The summed E-state index contributed by atoms with van der Waals surface area (Å²) < 4.78 is 0. The monoisotopic (exact) mass is 403 g/mol. The van der Waals surface area contributed by atoms with Crippen LogP contribution in [0.4, 0.5) is 5.13 Å². The number of likely N-dealkylation sites (tertiary alicyclic amines) is 1. The highest BCUT2D eigenvalue weighted by Crippen LogP contribution is 2.30. The van der Waals surface area contributed by atoms with Gasteiger partial charge in [0.25, 0.3) is 5.91 Å². The SMILES string of the molecule is O=C(Nc1nc(CN2CCCC2)cs1)c1ccc(-c2ccc(Cl)cc2)s1. The third-order valence-electron chi connectivity index (χ3n) is 4.32. The molecule has 3 aromatic rings. The number of hydrogen-bond acceptors (Lipinski definition) is 5. The summed E-state index contributed by atoms with van der Waals surface area (Å²) in [6.45, 7) is 3.15. The van der Waals surface area contributed by atoms with Crippen molar-refractivity contribution in [2.24, 2.45) is 0 Å². The fourth-order valence-corrected chi connectivity index (χ4v) is 4.72. The van der Waals surface area contributed by atoms with Crippen LogP contribution in [0.5, 0.6) is 0 Å². The Morgan fingerprint density at radius 3 is 2.69 bits per heavy atom. The molecular formula is C19H18ClN3OS2. The second-order valence-electron chi connectivity index (χ2n) is 6.25. The number of carbonyl (C=O) groups excluding carboxylic acids is 1. The number of thiazole rings is 1. The second-order valence-corrected chi connectivity index (χ2v) is 8.63. The first-order valence-corrected chi connectivity index (χ1v) is 10.6. The van der Waals surface area contributed by atoms with Gasteiger partial charge in [0.15, 0.2) is 5.13 Å². The largest absolute Gasteiger partial charge is 0.297 e. The van der Waals surface area contributed by atoms with Crippen molar-refractivity contribution in [1.82, 2.24) is 9.88 Å². The maximum Gasteiger partial charge on any atom is 0.267 e. The van der Waals surface area contributed by atoms with Crippen molar-refractivity contribution >= 4 is 45.3 Å². The molecule has 0 unspecified atom stereocenters. The number of hydrogen-bond donors (Lipinski definition) is 1. The number of amides is 1. The summed E-state index contributed by atoms with van der Waals surface area (Å²) >= 11 is 8.88. The molecule has 4 nitrogen and oxygen atoms in total. The van der Waals surface area contributed by atoms with Gasteiger partial charge in [-0.05, 0) is 55.8 Å². The summed E-state index contributed by atoms with van der Waals surface area (Å²) in [5, 5.41) is 6.31. The molecule has 4 rings (SSSR count). The molecule has 3 heterocycles. The van der Waals surface area contributed by atoms with E-state index in [1.165, 1.54) is 35.5 Å². The zero-order valence-corrected chi connectivity index (χ0v) is 16.5. The number of thiophene rings is 1. The van der Waals surface area contributed by atoms with Crippen LogP contribution in [0.15, 0.2) is 41.8 Å². The highest BCUT2D eigenvalue weighted by molar-refractivity contribution is 7.17. The molecule has 7 heteroatoms. The van der Waals surface area contributed by atoms with Crippen LogP contribution in [0, 0.1) is 0 Å². The molecule has 1 N–H and O–H groups in total. The van der Waals surface area contributed by atoms with E-state index in [2.05, 4.69) is 15.2 Å². The van der Waals surface area contributed by atoms with Gasteiger partial charge in [-0.2, -0.15) is 0 Å². The molecule has 134 valence electrons. The topological polar surface area (TPSA) is 45.2 Å². The van der Waals surface area contributed by atoms with Gasteiger partial charge in [-0.25, -0.2) is 4.98 Å². The lowest BCUT2D eigenvalue weighted by Crippen LogP contribution is -2.18. The predicted octanol–water partition coefficient (Wildman–Crippen LogP) is 5.37. The van der Waals surface area contributed by atoms with Gasteiger partial charge in [0.05, 0.1) is 10.6 Å². The fraction of sp³-hybridized carbons (Fsp3) is 0.263. The van der Waals surface area contributed by atoms with E-state index in [9.17, 15) is 4.79 Å². The summed E-state index contributed by atoms with van der Waals surface area (Å²) in [6, 6.07) is 11.4. The van der Waals surface area contributed by atoms with Crippen molar-refractivity contribution in [3.05, 3.63) is 57.4 Å². The summed E-state index contributed by atoms with van der Waals surface area (Å²) in [7, 11) is 0. The van der Waals surface area contributed by atoms with Gasteiger partial charge in [0, 0.05) is 21.8 Å². The van der Waals surface area contributed by atoms with Crippen molar-refractivity contribution in [2.75, 3.05) is 18.4 Å². The van der Waals surface area contributed by atoms with E-state index in [1.54, 1.807) is 0 Å². The van der Waals surface area contributed by atoms with Crippen LogP contribution in [0.1, 0.15) is 28.2 Å². The second kappa shape index (κ2) is 7.88. The van der Waals surface area contributed by atoms with E-state index in [0.717, 1.165) is 35.8 Å².